The van der Waals surface area contributed by atoms with Gasteiger partial charge in [0.05, 0.1) is 11.2 Å². The molecule has 1 aromatic carbocycles. The molecule has 1 aromatic rings. The lowest BCUT2D eigenvalue weighted by atomic mass is 9.77. The van der Waals surface area contributed by atoms with E-state index in [0.29, 0.717) is 0 Å². The van der Waals surface area contributed by atoms with Crippen LogP contribution in [0.15, 0.2) is 24.3 Å². The summed E-state index contributed by atoms with van der Waals surface area (Å²) in [5.74, 6) is 0.915. The van der Waals surface area contributed by atoms with Crippen molar-refractivity contribution < 1.29 is 9.31 Å². The van der Waals surface area contributed by atoms with Crippen molar-refractivity contribution in [1.82, 2.24) is 0 Å². The van der Waals surface area contributed by atoms with Crippen molar-refractivity contribution in [2.24, 2.45) is 5.92 Å². The second-order valence-electron chi connectivity index (χ2n) is 7.33. The van der Waals surface area contributed by atoms with Crippen molar-refractivity contribution in [3.05, 3.63) is 29.8 Å². The number of benzene rings is 1. The average Bonchev–Trinajstić information content (AvgIpc) is 2.54. The fraction of sp³-hybridized carbons (Fsp3) is 0.647. The molecule has 3 heteroatoms. The van der Waals surface area contributed by atoms with Crippen LogP contribution in [0.4, 0.5) is 0 Å². The van der Waals surface area contributed by atoms with E-state index < -0.39 is 0 Å². The Morgan fingerprint density at radius 1 is 1.00 bits per heavy atom. The van der Waals surface area contributed by atoms with E-state index in [1.54, 1.807) is 0 Å². The van der Waals surface area contributed by atoms with Gasteiger partial charge in [-0.1, -0.05) is 43.5 Å². The predicted molar refractivity (Wildman–Crippen MR) is 83.2 cm³/mol. The van der Waals surface area contributed by atoms with Crippen molar-refractivity contribution >= 4 is 12.6 Å². The van der Waals surface area contributed by atoms with Gasteiger partial charge in [-0.2, -0.15) is 0 Å². The minimum atomic E-state index is -0.262. The van der Waals surface area contributed by atoms with Crippen LogP contribution in [0.25, 0.3) is 0 Å². The van der Waals surface area contributed by atoms with Crippen molar-refractivity contribution in [2.45, 2.75) is 64.6 Å². The molecule has 108 valence electrons. The molecule has 1 aliphatic heterocycles. The van der Waals surface area contributed by atoms with Gasteiger partial charge < -0.3 is 9.31 Å². The van der Waals surface area contributed by atoms with Gasteiger partial charge in [-0.05, 0) is 51.1 Å². The summed E-state index contributed by atoms with van der Waals surface area (Å²) in [4.78, 5) is 0. The van der Waals surface area contributed by atoms with Crippen LogP contribution in [0.2, 0.25) is 0 Å². The molecule has 2 nitrogen and oxygen atoms in total. The first-order valence-corrected chi connectivity index (χ1v) is 7.82. The van der Waals surface area contributed by atoms with Gasteiger partial charge in [0, 0.05) is 0 Å². The van der Waals surface area contributed by atoms with E-state index in [-0.39, 0.29) is 18.3 Å². The summed E-state index contributed by atoms with van der Waals surface area (Å²) < 4.78 is 12.2. The molecule has 0 amide bonds. The molecule has 0 bridgehead atoms. The highest BCUT2D eigenvalue weighted by atomic mass is 16.7. The van der Waals surface area contributed by atoms with Gasteiger partial charge in [0.1, 0.15) is 0 Å². The molecular formula is C17H25BO2. The first-order valence-electron chi connectivity index (χ1n) is 7.82. The average molecular weight is 272 g/mol. The highest BCUT2D eigenvalue weighted by molar-refractivity contribution is 6.62. The van der Waals surface area contributed by atoms with E-state index >= 15 is 0 Å². The van der Waals surface area contributed by atoms with Gasteiger partial charge in [-0.25, -0.2) is 0 Å². The Labute approximate surface area is 123 Å². The Hall–Kier alpha value is -0.795. The highest BCUT2D eigenvalue weighted by Crippen LogP contribution is 2.36. The zero-order valence-corrected chi connectivity index (χ0v) is 13.1. The van der Waals surface area contributed by atoms with Crippen LogP contribution in [-0.4, -0.2) is 18.3 Å². The van der Waals surface area contributed by atoms with Gasteiger partial charge >= 0.3 is 7.12 Å². The molecule has 1 saturated carbocycles. The smallest absolute Gasteiger partial charge is 0.399 e. The monoisotopic (exact) mass is 272 g/mol. The first kappa shape index (κ1) is 14.2. The third-order valence-electron chi connectivity index (χ3n) is 5.25. The van der Waals surface area contributed by atoms with E-state index in [9.17, 15) is 0 Å². The molecule has 0 aromatic heterocycles. The quantitative estimate of drug-likeness (QED) is 0.786. The Balaban J connectivity index is 1.69. The highest BCUT2D eigenvalue weighted by Gasteiger charge is 2.51. The van der Waals surface area contributed by atoms with Crippen molar-refractivity contribution in [1.29, 1.82) is 0 Å². The van der Waals surface area contributed by atoms with Crippen LogP contribution in [0.3, 0.4) is 0 Å². The Kier molecular flexibility index (Phi) is 3.46. The van der Waals surface area contributed by atoms with Crippen LogP contribution >= 0.6 is 0 Å². The lowest BCUT2D eigenvalue weighted by Gasteiger charge is -2.32. The van der Waals surface area contributed by atoms with E-state index in [1.807, 2.05) is 0 Å². The summed E-state index contributed by atoms with van der Waals surface area (Å²) in [6.45, 7) is 8.38. The molecule has 1 saturated heterocycles. The molecular weight excluding hydrogens is 247 g/mol. The molecule has 2 aliphatic rings. The van der Waals surface area contributed by atoms with Crippen molar-refractivity contribution in [3.63, 3.8) is 0 Å². The van der Waals surface area contributed by atoms with Gasteiger partial charge in [0.2, 0.25) is 0 Å². The first-order chi connectivity index (χ1) is 9.37. The predicted octanol–water partition coefficient (Wildman–Crippen LogP) is 3.33. The van der Waals surface area contributed by atoms with Crippen molar-refractivity contribution in [2.75, 3.05) is 0 Å². The van der Waals surface area contributed by atoms with Crippen LogP contribution in [0, 0.1) is 5.92 Å². The number of hydrogen-bond acceptors (Lipinski definition) is 2. The van der Waals surface area contributed by atoms with E-state index in [4.69, 9.17) is 9.31 Å². The van der Waals surface area contributed by atoms with Gasteiger partial charge in [0.25, 0.3) is 0 Å². The Bertz CT molecular complexity index is 458. The zero-order valence-electron chi connectivity index (χ0n) is 13.1. The summed E-state index contributed by atoms with van der Waals surface area (Å²) in [5.41, 5.74) is 2.04. The Morgan fingerprint density at radius 3 is 2.00 bits per heavy atom. The molecule has 3 rings (SSSR count). The molecule has 0 N–H and O–H groups in total. The number of rotatable bonds is 3. The minimum absolute atomic E-state index is 0.238. The summed E-state index contributed by atoms with van der Waals surface area (Å²) in [6, 6.07) is 8.80. The minimum Gasteiger partial charge on any atom is -0.399 e. The molecule has 1 heterocycles. The number of hydrogen-bond donors (Lipinski definition) is 0. The lowest BCUT2D eigenvalue weighted by molar-refractivity contribution is 0.00578. The summed E-state index contributed by atoms with van der Waals surface area (Å²) in [7, 11) is -0.238. The summed E-state index contributed by atoms with van der Waals surface area (Å²) in [5, 5.41) is 0. The van der Waals surface area contributed by atoms with Crippen LogP contribution in [0.1, 0.15) is 52.5 Å². The molecule has 20 heavy (non-hydrogen) atoms. The standard InChI is InChI=1S/C17H25BO2/c1-16(2)17(3,4)20-18(19-16)15-10-8-14(9-11-15)12-13-6-5-7-13/h8-11,13H,5-7,12H2,1-4H3. The van der Waals surface area contributed by atoms with Crippen LogP contribution in [0.5, 0.6) is 0 Å². The summed E-state index contributed by atoms with van der Waals surface area (Å²) >= 11 is 0. The topological polar surface area (TPSA) is 18.5 Å². The SMILES string of the molecule is CC1(C)OB(c2ccc(CC3CCC3)cc2)OC1(C)C. The van der Waals surface area contributed by atoms with Crippen molar-refractivity contribution in [3.8, 4) is 0 Å². The maximum atomic E-state index is 6.08. The zero-order chi connectivity index (χ0) is 14.4. The molecule has 0 radical (unpaired) electrons. The van der Waals surface area contributed by atoms with Gasteiger partial charge in [-0.3, -0.25) is 0 Å². The van der Waals surface area contributed by atoms with Crippen LogP contribution < -0.4 is 5.46 Å². The van der Waals surface area contributed by atoms with E-state index in [1.165, 1.54) is 31.2 Å². The molecule has 0 atom stereocenters. The summed E-state index contributed by atoms with van der Waals surface area (Å²) in [6.07, 6.45) is 5.44. The molecule has 2 fully saturated rings. The Morgan fingerprint density at radius 2 is 1.55 bits per heavy atom. The second-order valence-corrected chi connectivity index (χ2v) is 7.33. The van der Waals surface area contributed by atoms with E-state index in [0.717, 1.165) is 11.4 Å². The molecule has 0 spiro atoms. The third kappa shape index (κ3) is 2.54. The second kappa shape index (κ2) is 4.89. The normalized spacial score (nSPS) is 24.7. The maximum Gasteiger partial charge on any atom is 0.494 e. The molecule has 1 aliphatic carbocycles. The van der Waals surface area contributed by atoms with Gasteiger partial charge in [-0.15, -0.1) is 0 Å². The van der Waals surface area contributed by atoms with Crippen LogP contribution in [-0.2, 0) is 15.7 Å². The third-order valence-corrected chi connectivity index (χ3v) is 5.25. The lowest BCUT2D eigenvalue weighted by Crippen LogP contribution is -2.41. The molecule has 0 unspecified atom stereocenters. The maximum absolute atomic E-state index is 6.08. The largest absolute Gasteiger partial charge is 0.494 e. The fourth-order valence-electron chi connectivity index (χ4n) is 2.82. The van der Waals surface area contributed by atoms with E-state index in [2.05, 4.69) is 52.0 Å². The van der Waals surface area contributed by atoms with Gasteiger partial charge in [0.15, 0.2) is 0 Å². The fourth-order valence-corrected chi connectivity index (χ4v) is 2.82.